The fourth-order valence-electron chi connectivity index (χ4n) is 1.58. The van der Waals surface area contributed by atoms with E-state index in [4.69, 9.17) is 4.74 Å². The molecule has 0 aliphatic carbocycles. The van der Waals surface area contributed by atoms with E-state index in [1.165, 1.54) is 0 Å². The van der Waals surface area contributed by atoms with Gasteiger partial charge in [0.05, 0.1) is 12.3 Å². The van der Waals surface area contributed by atoms with Gasteiger partial charge in [-0.2, -0.15) is 5.10 Å². The standard InChI is InChI=1S/C14H25N3O/c1-13(2)17-11-8-14(16-17)7-5-4-6-9-15-10-12-18-3/h4-5,8,11,13,15H,6-7,9-10,12H2,1-3H3. The van der Waals surface area contributed by atoms with Gasteiger partial charge in [-0.15, -0.1) is 0 Å². The molecule has 0 bridgehead atoms. The van der Waals surface area contributed by atoms with Gasteiger partial charge in [0.1, 0.15) is 0 Å². The molecule has 4 heteroatoms. The van der Waals surface area contributed by atoms with E-state index in [-0.39, 0.29) is 0 Å². The Morgan fingerprint density at radius 3 is 2.89 bits per heavy atom. The van der Waals surface area contributed by atoms with Crippen molar-refractivity contribution in [2.24, 2.45) is 0 Å². The van der Waals surface area contributed by atoms with Crippen molar-refractivity contribution < 1.29 is 4.74 Å². The molecule has 0 spiro atoms. The molecule has 1 aromatic heterocycles. The predicted molar refractivity (Wildman–Crippen MR) is 74.8 cm³/mol. The zero-order valence-electron chi connectivity index (χ0n) is 11.7. The maximum atomic E-state index is 4.96. The summed E-state index contributed by atoms with van der Waals surface area (Å²) in [7, 11) is 1.72. The van der Waals surface area contributed by atoms with Crippen molar-refractivity contribution in [3.05, 3.63) is 30.1 Å². The van der Waals surface area contributed by atoms with E-state index < -0.39 is 0 Å². The lowest BCUT2D eigenvalue weighted by atomic mass is 10.2. The number of allylic oxidation sites excluding steroid dienone is 1. The van der Waals surface area contributed by atoms with Crippen LogP contribution in [0.4, 0.5) is 0 Å². The summed E-state index contributed by atoms with van der Waals surface area (Å²) in [4.78, 5) is 0. The average Bonchev–Trinajstić information content (AvgIpc) is 2.81. The highest BCUT2D eigenvalue weighted by molar-refractivity contribution is 5.05. The second kappa shape index (κ2) is 8.89. The fraction of sp³-hybridized carbons (Fsp3) is 0.643. The molecule has 1 aromatic rings. The molecule has 0 aliphatic rings. The lowest BCUT2D eigenvalue weighted by Gasteiger charge is -2.03. The highest BCUT2D eigenvalue weighted by Crippen LogP contribution is 2.05. The summed E-state index contributed by atoms with van der Waals surface area (Å²) in [5.74, 6) is 0. The molecule has 0 unspecified atom stereocenters. The van der Waals surface area contributed by atoms with Gasteiger partial charge >= 0.3 is 0 Å². The Labute approximate surface area is 110 Å². The van der Waals surface area contributed by atoms with Gasteiger partial charge in [-0.3, -0.25) is 4.68 Å². The molecule has 0 radical (unpaired) electrons. The summed E-state index contributed by atoms with van der Waals surface area (Å²) in [6, 6.07) is 2.52. The van der Waals surface area contributed by atoms with Crippen LogP contribution in [-0.2, 0) is 11.2 Å². The van der Waals surface area contributed by atoms with Crippen LogP contribution in [0.25, 0.3) is 0 Å². The van der Waals surface area contributed by atoms with Gasteiger partial charge in [-0.1, -0.05) is 12.2 Å². The largest absolute Gasteiger partial charge is 0.383 e. The summed E-state index contributed by atoms with van der Waals surface area (Å²) in [6.07, 6.45) is 8.39. The number of nitrogens with one attached hydrogen (secondary N) is 1. The van der Waals surface area contributed by atoms with E-state index in [2.05, 4.69) is 42.5 Å². The molecule has 0 atom stereocenters. The third-order valence-corrected chi connectivity index (χ3v) is 2.66. The van der Waals surface area contributed by atoms with Crippen LogP contribution in [0.2, 0.25) is 0 Å². The number of rotatable bonds is 9. The summed E-state index contributed by atoms with van der Waals surface area (Å²) in [5.41, 5.74) is 1.13. The van der Waals surface area contributed by atoms with Crippen LogP contribution in [0.15, 0.2) is 24.4 Å². The monoisotopic (exact) mass is 251 g/mol. The van der Waals surface area contributed by atoms with Crippen molar-refractivity contribution in [3.63, 3.8) is 0 Å². The molecule has 1 N–H and O–H groups in total. The zero-order valence-corrected chi connectivity index (χ0v) is 11.7. The molecule has 1 heterocycles. The molecule has 0 amide bonds. The van der Waals surface area contributed by atoms with Gasteiger partial charge in [-0.05, 0) is 32.9 Å². The molecule has 4 nitrogen and oxygen atoms in total. The van der Waals surface area contributed by atoms with Gasteiger partial charge in [0.25, 0.3) is 0 Å². The Balaban J connectivity index is 2.12. The van der Waals surface area contributed by atoms with Gasteiger partial charge in [0.2, 0.25) is 0 Å². The predicted octanol–water partition coefficient (Wildman–Crippen LogP) is 2.19. The normalized spacial score (nSPS) is 11.8. The van der Waals surface area contributed by atoms with Crippen LogP contribution in [0.1, 0.15) is 32.0 Å². The third kappa shape index (κ3) is 5.98. The van der Waals surface area contributed by atoms with E-state index in [1.807, 2.05) is 10.9 Å². The topological polar surface area (TPSA) is 39.1 Å². The van der Waals surface area contributed by atoms with E-state index in [0.29, 0.717) is 6.04 Å². The second-order valence-electron chi connectivity index (χ2n) is 4.59. The van der Waals surface area contributed by atoms with Crippen LogP contribution in [-0.4, -0.2) is 36.6 Å². The third-order valence-electron chi connectivity index (χ3n) is 2.66. The highest BCUT2D eigenvalue weighted by Gasteiger charge is 1.99. The highest BCUT2D eigenvalue weighted by atomic mass is 16.5. The van der Waals surface area contributed by atoms with Crippen LogP contribution >= 0.6 is 0 Å². The first-order valence-corrected chi connectivity index (χ1v) is 6.62. The molecule has 0 saturated heterocycles. The van der Waals surface area contributed by atoms with Crippen molar-refractivity contribution in [1.29, 1.82) is 0 Å². The summed E-state index contributed by atoms with van der Waals surface area (Å²) >= 11 is 0. The Morgan fingerprint density at radius 2 is 2.22 bits per heavy atom. The Bertz CT molecular complexity index is 345. The number of methoxy groups -OCH3 is 1. The SMILES string of the molecule is COCCNCCC=CCc1ccn(C(C)C)n1. The molecule has 18 heavy (non-hydrogen) atoms. The lowest BCUT2D eigenvalue weighted by molar-refractivity contribution is 0.199. The average molecular weight is 251 g/mol. The minimum atomic E-state index is 0.438. The number of hydrogen-bond acceptors (Lipinski definition) is 3. The molecular weight excluding hydrogens is 226 g/mol. The fourth-order valence-corrected chi connectivity index (χ4v) is 1.58. The minimum Gasteiger partial charge on any atom is -0.383 e. The van der Waals surface area contributed by atoms with Crippen molar-refractivity contribution >= 4 is 0 Å². The number of aromatic nitrogens is 2. The summed E-state index contributed by atoms with van der Waals surface area (Å²) in [5, 5.41) is 7.81. The van der Waals surface area contributed by atoms with E-state index in [9.17, 15) is 0 Å². The van der Waals surface area contributed by atoms with E-state index in [1.54, 1.807) is 7.11 Å². The Kier molecular flexibility index (Phi) is 7.37. The van der Waals surface area contributed by atoms with Crippen molar-refractivity contribution in [2.45, 2.75) is 32.7 Å². The van der Waals surface area contributed by atoms with Crippen molar-refractivity contribution in [2.75, 3.05) is 26.8 Å². The molecular formula is C14H25N3O. The molecule has 1 rings (SSSR count). The first kappa shape index (κ1) is 14.9. The second-order valence-corrected chi connectivity index (χ2v) is 4.59. The summed E-state index contributed by atoms with van der Waals surface area (Å²) in [6.45, 7) is 6.97. The maximum Gasteiger partial charge on any atom is 0.0662 e. The molecule has 0 fully saturated rings. The van der Waals surface area contributed by atoms with E-state index in [0.717, 1.165) is 38.2 Å². The minimum absolute atomic E-state index is 0.438. The Morgan fingerprint density at radius 1 is 1.39 bits per heavy atom. The molecule has 0 aromatic carbocycles. The maximum absolute atomic E-state index is 4.96. The van der Waals surface area contributed by atoms with Crippen LogP contribution in [0.5, 0.6) is 0 Å². The smallest absolute Gasteiger partial charge is 0.0662 e. The number of nitrogens with zero attached hydrogens (tertiary/aromatic N) is 2. The quantitative estimate of drug-likeness (QED) is 0.540. The zero-order chi connectivity index (χ0) is 13.2. The molecule has 102 valence electrons. The van der Waals surface area contributed by atoms with Gasteiger partial charge in [0, 0.05) is 32.3 Å². The number of hydrogen-bond donors (Lipinski definition) is 1. The van der Waals surface area contributed by atoms with Crippen molar-refractivity contribution in [3.8, 4) is 0 Å². The van der Waals surface area contributed by atoms with Gasteiger partial charge < -0.3 is 10.1 Å². The number of ether oxygens (including phenoxy) is 1. The van der Waals surface area contributed by atoms with Crippen LogP contribution in [0, 0.1) is 0 Å². The lowest BCUT2D eigenvalue weighted by Crippen LogP contribution is -2.19. The van der Waals surface area contributed by atoms with Gasteiger partial charge in [-0.25, -0.2) is 0 Å². The molecule has 0 aliphatic heterocycles. The first-order chi connectivity index (χ1) is 8.74. The van der Waals surface area contributed by atoms with Crippen molar-refractivity contribution in [1.82, 2.24) is 15.1 Å². The van der Waals surface area contributed by atoms with Crippen LogP contribution < -0.4 is 5.32 Å². The van der Waals surface area contributed by atoms with Gasteiger partial charge in [0.15, 0.2) is 0 Å². The van der Waals surface area contributed by atoms with Crippen LogP contribution in [0.3, 0.4) is 0 Å². The Hall–Kier alpha value is -1.13. The molecule has 0 saturated carbocycles. The van der Waals surface area contributed by atoms with E-state index >= 15 is 0 Å². The summed E-state index contributed by atoms with van der Waals surface area (Å²) < 4.78 is 6.95. The first-order valence-electron chi connectivity index (χ1n) is 6.62.